The van der Waals surface area contributed by atoms with E-state index in [2.05, 4.69) is 31.3 Å². The van der Waals surface area contributed by atoms with Crippen LogP contribution in [0.15, 0.2) is 12.2 Å². The van der Waals surface area contributed by atoms with Crippen LogP contribution in [0.25, 0.3) is 0 Å². The lowest BCUT2D eigenvalue weighted by Crippen LogP contribution is -2.53. The molecule has 4 unspecified atom stereocenters. The molecule has 0 aromatic carbocycles. The minimum absolute atomic E-state index is 0.368. The molecule has 0 saturated heterocycles. The van der Waals surface area contributed by atoms with Gasteiger partial charge in [-0.3, -0.25) is 4.79 Å². The number of unbranched alkanes of at least 4 members (excludes halogenated alkanes) is 43. The molecule has 382 valence electrons. The minimum atomic E-state index is -1.28. The van der Waals surface area contributed by atoms with Gasteiger partial charge in [0, 0.05) is 0 Å². The van der Waals surface area contributed by atoms with Gasteiger partial charge in [0.25, 0.3) is 0 Å². The highest BCUT2D eigenvalue weighted by molar-refractivity contribution is 5.80. The van der Waals surface area contributed by atoms with Crippen molar-refractivity contribution >= 4 is 5.91 Å². The highest BCUT2D eigenvalue weighted by Crippen LogP contribution is 2.18. The Morgan fingerprint density at radius 2 is 0.641 bits per heavy atom. The Kier molecular flexibility index (Phi) is 52.2. The van der Waals surface area contributed by atoms with Crippen molar-refractivity contribution in [1.29, 1.82) is 0 Å². The fourth-order valence-electron chi connectivity index (χ4n) is 9.41. The molecule has 0 heterocycles. The van der Waals surface area contributed by atoms with Crippen LogP contribution in [0.4, 0.5) is 0 Å². The van der Waals surface area contributed by atoms with Crippen LogP contribution in [0.3, 0.4) is 0 Å². The molecule has 0 radical (unpaired) electrons. The van der Waals surface area contributed by atoms with Crippen LogP contribution in [-0.4, -0.2) is 57.3 Å². The molecular weight excluding hydrogens is 791 g/mol. The van der Waals surface area contributed by atoms with Gasteiger partial charge >= 0.3 is 0 Å². The number of nitrogens with one attached hydrogen (secondary N) is 1. The van der Waals surface area contributed by atoms with Crippen molar-refractivity contribution in [3.63, 3.8) is 0 Å². The van der Waals surface area contributed by atoms with E-state index in [4.69, 9.17) is 0 Å². The lowest BCUT2D eigenvalue weighted by Gasteiger charge is -2.27. The number of hydrogen-bond acceptors (Lipinski definition) is 5. The van der Waals surface area contributed by atoms with Gasteiger partial charge in [-0.25, -0.2) is 0 Å². The second-order valence-electron chi connectivity index (χ2n) is 20.3. The first-order valence-electron chi connectivity index (χ1n) is 29.1. The Balaban J connectivity index is 3.58. The Bertz CT molecular complexity index is 928. The van der Waals surface area contributed by atoms with Crippen molar-refractivity contribution < 1.29 is 25.2 Å². The molecule has 6 heteroatoms. The Hall–Kier alpha value is -0.950. The summed E-state index contributed by atoms with van der Waals surface area (Å²) in [5.41, 5.74) is 0. The Labute approximate surface area is 400 Å². The largest absolute Gasteiger partial charge is 0.394 e. The summed E-state index contributed by atoms with van der Waals surface area (Å²) in [6, 6.07) is -0.998. The van der Waals surface area contributed by atoms with Gasteiger partial charge in [0.05, 0.1) is 18.8 Å². The molecule has 0 bridgehead atoms. The third-order valence-corrected chi connectivity index (χ3v) is 14.0. The summed E-state index contributed by atoms with van der Waals surface area (Å²) in [4.78, 5) is 12.6. The van der Waals surface area contributed by atoms with Crippen LogP contribution < -0.4 is 5.32 Å². The molecule has 0 saturated carbocycles. The van der Waals surface area contributed by atoms with Crippen LogP contribution in [-0.2, 0) is 4.79 Å². The van der Waals surface area contributed by atoms with E-state index in [1.165, 1.54) is 257 Å². The van der Waals surface area contributed by atoms with Gasteiger partial charge in [-0.2, -0.15) is 0 Å². The van der Waals surface area contributed by atoms with E-state index in [9.17, 15) is 25.2 Å². The SMILES string of the molecule is CCCCCCCCCCCCCCCCCCCCCCCCCCCC/C=C/CCCC(O)C(O)C(CO)NC(=O)C(O)CCCCCCCCCCCCCCCCCCC. The van der Waals surface area contributed by atoms with Crippen LogP contribution in [0.5, 0.6) is 0 Å². The topological polar surface area (TPSA) is 110 Å². The molecule has 4 atom stereocenters. The molecule has 0 spiro atoms. The average molecular weight is 907 g/mol. The normalized spacial score (nSPS) is 13.8. The van der Waals surface area contributed by atoms with Crippen LogP contribution in [0.2, 0.25) is 0 Å². The van der Waals surface area contributed by atoms with Gasteiger partial charge in [-0.1, -0.05) is 296 Å². The maximum Gasteiger partial charge on any atom is 0.249 e. The van der Waals surface area contributed by atoms with Gasteiger partial charge in [-0.05, 0) is 38.5 Å². The highest BCUT2D eigenvalue weighted by Gasteiger charge is 2.28. The summed E-state index contributed by atoms with van der Waals surface area (Å²) in [6.07, 6.45) is 63.0. The fourth-order valence-corrected chi connectivity index (χ4v) is 9.41. The molecule has 64 heavy (non-hydrogen) atoms. The third kappa shape index (κ3) is 46.2. The lowest BCUT2D eigenvalue weighted by molar-refractivity contribution is -0.132. The standard InChI is InChI=1S/C58H115NO5/c1-3-5-7-9-11-13-15-17-19-21-22-23-24-25-26-27-28-29-30-31-32-33-34-36-37-39-41-43-45-47-49-51-55(61)57(63)54(53-60)59-58(64)56(62)52-50-48-46-44-42-40-38-35-20-18-16-14-12-10-8-6-4-2/h43,45,54-57,60-63H,3-42,44,46-53H2,1-2H3,(H,59,64)/b45-43+. The predicted molar refractivity (Wildman–Crippen MR) is 279 cm³/mol. The number of rotatable bonds is 54. The first-order chi connectivity index (χ1) is 31.5. The van der Waals surface area contributed by atoms with Crippen molar-refractivity contribution in [2.45, 2.75) is 346 Å². The molecule has 0 aromatic rings. The summed E-state index contributed by atoms with van der Waals surface area (Å²) in [5, 5.41) is 43.9. The Morgan fingerprint density at radius 1 is 0.375 bits per heavy atom. The van der Waals surface area contributed by atoms with Crippen LogP contribution in [0, 0.1) is 0 Å². The van der Waals surface area contributed by atoms with Crippen LogP contribution in [0.1, 0.15) is 322 Å². The quantitative estimate of drug-likeness (QED) is 0.0308. The van der Waals surface area contributed by atoms with Gasteiger partial charge in [0.1, 0.15) is 12.2 Å². The maximum absolute atomic E-state index is 12.6. The molecule has 0 aliphatic rings. The van der Waals surface area contributed by atoms with E-state index in [1.54, 1.807) is 0 Å². The van der Waals surface area contributed by atoms with Gasteiger partial charge < -0.3 is 25.7 Å². The van der Waals surface area contributed by atoms with Gasteiger partial charge in [-0.15, -0.1) is 0 Å². The predicted octanol–water partition coefficient (Wildman–Crippen LogP) is 16.9. The molecule has 0 fully saturated rings. The molecule has 1 amide bonds. The van der Waals surface area contributed by atoms with E-state index in [1.807, 2.05) is 0 Å². The number of aliphatic hydroxyl groups is 4. The average Bonchev–Trinajstić information content (AvgIpc) is 3.30. The number of amides is 1. The highest BCUT2D eigenvalue weighted by atomic mass is 16.3. The van der Waals surface area contributed by atoms with Crippen molar-refractivity contribution in [2.75, 3.05) is 6.61 Å². The van der Waals surface area contributed by atoms with E-state index in [0.717, 1.165) is 38.5 Å². The molecular formula is C58H115NO5. The first-order valence-corrected chi connectivity index (χ1v) is 29.1. The summed E-state index contributed by atoms with van der Waals surface area (Å²) in [5.74, 6) is -0.587. The summed E-state index contributed by atoms with van der Waals surface area (Å²) in [6.45, 7) is 4.08. The van der Waals surface area contributed by atoms with Crippen LogP contribution >= 0.6 is 0 Å². The third-order valence-electron chi connectivity index (χ3n) is 14.0. The van der Waals surface area contributed by atoms with Gasteiger partial charge in [0.2, 0.25) is 5.91 Å². The Morgan fingerprint density at radius 3 is 0.938 bits per heavy atom. The second kappa shape index (κ2) is 53.0. The molecule has 0 aromatic heterocycles. The number of carbonyl (C=O) groups is 1. The van der Waals surface area contributed by atoms with Crippen molar-refractivity contribution in [2.24, 2.45) is 0 Å². The minimum Gasteiger partial charge on any atom is -0.394 e. The summed E-state index contributed by atoms with van der Waals surface area (Å²) < 4.78 is 0. The zero-order valence-electron chi connectivity index (χ0n) is 43.3. The smallest absolute Gasteiger partial charge is 0.249 e. The number of allylic oxidation sites excluding steroid dienone is 2. The number of carbonyl (C=O) groups excluding carboxylic acids is 1. The summed E-state index contributed by atoms with van der Waals surface area (Å²) in [7, 11) is 0. The lowest BCUT2D eigenvalue weighted by atomic mass is 10.00. The van der Waals surface area contributed by atoms with Crippen molar-refractivity contribution in [3.8, 4) is 0 Å². The van der Waals surface area contributed by atoms with E-state index >= 15 is 0 Å². The fraction of sp³-hybridized carbons (Fsp3) is 0.948. The summed E-state index contributed by atoms with van der Waals surface area (Å²) >= 11 is 0. The van der Waals surface area contributed by atoms with Crippen molar-refractivity contribution in [1.82, 2.24) is 5.32 Å². The molecule has 6 nitrogen and oxygen atoms in total. The molecule has 0 rings (SSSR count). The van der Waals surface area contributed by atoms with E-state index < -0.39 is 36.9 Å². The second-order valence-corrected chi connectivity index (χ2v) is 20.3. The zero-order chi connectivity index (χ0) is 46.7. The zero-order valence-corrected chi connectivity index (χ0v) is 43.3. The number of hydrogen-bond donors (Lipinski definition) is 5. The number of aliphatic hydroxyl groups excluding tert-OH is 4. The van der Waals surface area contributed by atoms with Crippen molar-refractivity contribution in [3.05, 3.63) is 12.2 Å². The first kappa shape index (κ1) is 63.0. The monoisotopic (exact) mass is 906 g/mol. The van der Waals surface area contributed by atoms with Gasteiger partial charge in [0.15, 0.2) is 0 Å². The molecule has 5 N–H and O–H groups in total. The molecule has 0 aliphatic heterocycles. The van der Waals surface area contributed by atoms with E-state index in [0.29, 0.717) is 12.8 Å². The van der Waals surface area contributed by atoms with E-state index in [-0.39, 0.29) is 0 Å². The maximum atomic E-state index is 12.6. The molecule has 0 aliphatic carbocycles.